The van der Waals surface area contributed by atoms with Crippen molar-refractivity contribution in [3.05, 3.63) is 87.1 Å². The van der Waals surface area contributed by atoms with Crippen LogP contribution in [0.3, 0.4) is 0 Å². The molecule has 6 nitrogen and oxygen atoms in total. The van der Waals surface area contributed by atoms with E-state index in [1.54, 1.807) is 30.3 Å². The molecular formula is C17H11NO5. The Hall–Kier alpha value is -3.12. The number of fused-ring (bicyclic) bond motifs is 1. The molecule has 2 aromatic rings. The Kier molecular flexibility index (Phi) is 3.38. The smallest absolute Gasteiger partial charge is 0.291 e. The maximum Gasteiger partial charge on any atom is 0.291 e. The van der Waals surface area contributed by atoms with Crippen molar-refractivity contribution >= 4 is 17.6 Å². The van der Waals surface area contributed by atoms with E-state index in [0.29, 0.717) is 5.56 Å². The first-order chi connectivity index (χ1) is 11.0. The predicted octanol–water partition coefficient (Wildman–Crippen LogP) is 1.96. The van der Waals surface area contributed by atoms with Crippen LogP contribution >= 0.6 is 0 Å². The molecule has 0 aromatic heterocycles. The van der Waals surface area contributed by atoms with E-state index in [1.165, 1.54) is 24.3 Å². The third-order valence-electron chi connectivity index (χ3n) is 3.77. The lowest BCUT2D eigenvalue weighted by atomic mass is 9.90. The van der Waals surface area contributed by atoms with Gasteiger partial charge in [-0.1, -0.05) is 54.6 Å². The number of hydrogen-bond acceptors (Lipinski definition) is 5. The van der Waals surface area contributed by atoms with Crippen LogP contribution in [0.5, 0.6) is 0 Å². The lowest BCUT2D eigenvalue weighted by Crippen LogP contribution is -2.38. The zero-order valence-electron chi connectivity index (χ0n) is 11.8. The number of rotatable bonds is 3. The Morgan fingerprint density at radius 2 is 1.65 bits per heavy atom. The van der Waals surface area contributed by atoms with Crippen molar-refractivity contribution in [2.75, 3.05) is 0 Å². The van der Waals surface area contributed by atoms with Gasteiger partial charge in [-0.05, 0) is 5.56 Å². The van der Waals surface area contributed by atoms with Gasteiger partial charge in [0, 0.05) is 17.2 Å². The van der Waals surface area contributed by atoms with E-state index in [2.05, 4.69) is 0 Å². The van der Waals surface area contributed by atoms with Crippen LogP contribution in [-0.2, 0) is 10.4 Å². The summed E-state index contributed by atoms with van der Waals surface area (Å²) in [6, 6.07) is 14.0. The maximum absolute atomic E-state index is 12.3. The third-order valence-corrected chi connectivity index (χ3v) is 3.77. The summed E-state index contributed by atoms with van der Waals surface area (Å²) in [6.07, 6.45) is 1.10. The van der Waals surface area contributed by atoms with E-state index < -0.39 is 27.8 Å². The molecule has 0 heterocycles. The normalized spacial score (nSPS) is 20.5. The van der Waals surface area contributed by atoms with Gasteiger partial charge in [-0.15, -0.1) is 0 Å². The second-order valence-electron chi connectivity index (χ2n) is 5.11. The molecule has 0 saturated heterocycles. The summed E-state index contributed by atoms with van der Waals surface area (Å²) < 4.78 is 0. The van der Waals surface area contributed by atoms with Crippen LogP contribution in [0.4, 0.5) is 0 Å². The van der Waals surface area contributed by atoms with E-state index >= 15 is 0 Å². The molecule has 0 spiro atoms. The van der Waals surface area contributed by atoms with Crippen LogP contribution in [0.15, 0.2) is 60.3 Å². The number of aliphatic hydroxyl groups is 1. The highest BCUT2D eigenvalue weighted by Gasteiger charge is 2.58. The number of carbonyl (C=O) groups is 2. The summed E-state index contributed by atoms with van der Waals surface area (Å²) in [5.41, 5.74) is -2.95. The van der Waals surface area contributed by atoms with Gasteiger partial charge >= 0.3 is 0 Å². The number of nitro groups is 1. The van der Waals surface area contributed by atoms with Crippen molar-refractivity contribution in [1.82, 2.24) is 0 Å². The van der Waals surface area contributed by atoms with E-state index in [0.717, 1.165) is 6.08 Å². The van der Waals surface area contributed by atoms with Crippen molar-refractivity contribution in [2.45, 2.75) is 5.60 Å². The highest BCUT2D eigenvalue weighted by Crippen LogP contribution is 2.40. The van der Waals surface area contributed by atoms with Gasteiger partial charge in [0.05, 0.1) is 4.92 Å². The third kappa shape index (κ3) is 2.16. The van der Waals surface area contributed by atoms with E-state index in [1.807, 2.05) is 0 Å². The minimum Gasteiger partial charge on any atom is -0.368 e. The SMILES string of the molecule is O=C1C(=O)C(O)(/C(=C\c2ccccc2)[N+](=O)[O-])c2ccccc21. The van der Waals surface area contributed by atoms with Crippen molar-refractivity contribution < 1.29 is 19.6 Å². The number of hydrogen-bond donors (Lipinski definition) is 1. The van der Waals surface area contributed by atoms with Gasteiger partial charge < -0.3 is 5.11 Å². The molecule has 23 heavy (non-hydrogen) atoms. The molecule has 6 heteroatoms. The largest absolute Gasteiger partial charge is 0.368 e. The summed E-state index contributed by atoms with van der Waals surface area (Å²) in [7, 11) is 0. The molecule has 1 atom stereocenters. The molecule has 0 radical (unpaired) electrons. The molecule has 0 amide bonds. The molecule has 1 N–H and O–H groups in total. The van der Waals surface area contributed by atoms with Crippen LogP contribution in [0.1, 0.15) is 21.5 Å². The van der Waals surface area contributed by atoms with Gasteiger partial charge in [0.15, 0.2) is 0 Å². The Labute approximate surface area is 130 Å². The summed E-state index contributed by atoms with van der Waals surface area (Å²) in [4.78, 5) is 34.9. The lowest BCUT2D eigenvalue weighted by Gasteiger charge is -2.18. The zero-order valence-corrected chi connectivity index (χ0v) is 11.8. The number of nitrogens with zero attached hydrogens (tertiary/aromatic N) is 1. The van der Waals surface area contributed by atoms with Crippen molar-refractivity contribution in [3.8, 4) is 0 Å². The molecule has 114 valence electrons. The molecule has 1 unspecified atom stereocenters. The number of benzene rings is 2. The van der Waals surface area contributed by atoms with Gasteiger partial charge in [0.2, 0.25) is 11.4 Å². The highest BCUT2D eigenvalue weighted by molar-refractivity contribution is 6.50. The minimum absolute atomic E-state index is 0.0131. The van der Waals surface area contributed by atoms with Crippen LogP contribution < -0.4 is 0 Å². The molecule has 3 rings (SSSR count). The predicted molar refractivity (Wildman–Crippen MR) is 81.1 cm³/mol. The highest BCUT2D eigenvalue weighted by atomic mass is 16.6. The van der Waals surface area contributed by atoms with Gasteiger partial charge in [-0.25, -0.2) is 0 Å². The number of carbonyl (C=O) groups excluding carboxylic acids is 2. The summed E-state index contributed by atoms with van der Waals surface area (Å²) >= 11 is 0. The molecule has 0 fully saturated rings. The second kappa shape index (κ2) is 5.26. The van der Waals surface area contributed by atoms with Crippen LogP contribution in [-0.4, -0.2) is 21.6 Å². The van der Waals surface area contributed by atoms with Gasteiger partial charge in [0.1, 0.15) is 0 Å². The van der Waals surface area contributed by atoms with Gasteiger partial charge in [-0.2, -0.15) is 0 Å². The molecule has 0 aliphatic heterocycles. The Morgan fingerprint density at radius 3 is 2.30 bits per heavy atom. The fourth-order valence-electron chi connectivity index (χ4n) is 2.66. The maximum atomic E-state index is 12.3. The summed E-state index contributed by atoms with van der Waals surface area (Å²) in [6.45, 7) is 0. The van der Waals surface area contributed by atoms with Crippen molar-refractivity contribution in [2.24, 2.45) is 0 Å². The molecular weight excluding hydrogens is 298 g/mol. The second-order valence-corrected chi connectivity index (χ2v) is 5.11. The first-order valence-corrected chi connectivity index (χ1v) is 6.79. The van der Waals surface area contributed by atoms with Crippen molar-refractivity contribution in [3.63, 3.8) is 0 Å². The average molecular weight is 309 g/mol. The Bertz CT molecular complexity index is 856. The standard InChI is InChI=1S/C17H11NO5/c19-15-12-8-4-5-9-13(12)17(21,16(15)20)14(18(22)23)10-11-6-2-1-3-7-11/h1-10,21H/b14-10+. The molecule has 1 aliphatic rings. The fourth-order valence-corrected chi connectivity index (χ4v) is 2.66. The Balaban J connectivity index is 2.25. The quantitative estimate of drug-likeness (QED) is 0.531. The first kappa shape index (κ1) is 14.8. The first-order valence-electron chi connectivity index (χ1n) is 6.79. The lowest BCUT2D eigenvalue weighted by molar-refractivity contribution is -0.440. The van der Waals surface area contributed by atoms with Crippen LogP contribution in [0, 0.1) is 10.1 Å². The van der Waals surface area contributed by atoms with Crippen molar-refractivity contribution in [1.29, 1.82) is 0 Å². The summed E-state index contributed by atoms with van der Waals surface area (Å²) in [5.74, 6) is -2.14. The summed E-state index contributed by atoms with van der Waals surface area (Å²) in [5, 5.41) is 22.3. The molecule has 0 bridgehead atoms. The van der Waals surface area contributed by atoms with E-state index in [-0.39, 0.29) is 11.1 Å². The number of Topliss-reactive ketones (excluding diaryl/α,β-unsaturated/α-hetero) is 2. The van der Waals surface area contributed by atoms with Gasteiger partial charge in [0.25, 0.3) is 11.5 Å². The Morgan fingerprint density at radius 1 is 1.04 bits per heavy atom. The van der Waals surface area contributed by atoms with E-state index in [9.17, 15) is 24.8 Å². The topological polar surface area (TPSA) is 97.5 Å². The van der Waals surface area contributed by atoms with Gasteiger partial charge in [-0.3, -0.25) is 19.7 Å². The monoisotopic (exact) mass is 309 g/mol. The van der Waals surface area contributed by atoms with Crippen LogP contribution in [0.25, 0.3) is 6.08 Å². The average Bonchev–Trinajstić information content (AvgIpc) is 2.76. The molecule has 0 saturated carbocycles. The molecule has 2 aromatic carbocycles. The zero-order chi connectivity index (χ0) is 16.6. The molecule has 1 aliphatic carbocycles. The van der Waals surface area contributed by atoms with E-state index in [4.69, 9.17) is 0 Å². The minimum atomic E-state index is -2.58. The number of ketones is 2. The van der Waals surface area contributed by atoms with Crippen LogP contribution in [0.2, 0.25) is 0 Å². The fraction of sp³-hybridized carbons (Fsp3) is 0.0588.